The highest BCUT2D eigenvalue weighted by atomic mass is 16.5. The van der Waals surface area contributed by atoms with Crippen LogP contribution in [-0.4, -0.2) is 39.9 Å². The number of rotatable bonds is 6. The summed E-state index contributed by atoms with van der Waals surface area (Å²) in [6, 6.07) is 12.5. The van der Waals surface area contributed by atoms with E-state index in [2.05, 4.69) is 29.2 Å². The summed E-state index contributed by atoms with van der Waals surface area (Å²) < 4.78 is 7.43. The molecule has 5 heteroatoms. The number of benzene rings is 1. The number of amides is 1. The van der Waals surface area contributed by atoms with Crippen LogP contribution in [0.4, 0.5) is 0 Å². The van der Waals surface area contributed by atoms with Gasteiger partial charge in [-0.05, 0) is 80.8 Å². The third kappa shape index (κ3) is 4.61. The third-order valence-corrected chi connectivity index (χ3v) is 5.81. The zero-order valence-corrected chi connectivity index (χ0v) is 17.3. The minimum Gasteiger partial charge on any atom is -0.494 e. The van der Waals surface area contributed by atoms with Crippen molar-refractivity contribution >= 4 is 11.6 Å². The molecule has 0 radical (unpaired) electrons. The minimum absolute atomic E-state index is 0.0521. The predicted molar refractivity (Wildman–Crippen MR) is 114 cm³/mol. The quantitative estimate of drug-likeness (QED) is 0.620. The standard InChI is InChI=1S/C24H29N3O2/c1-3-29-21-8-6-19(7-9-21)4-5-20-11-14-26(15-12-20)24(28)22-17-27-13-10-18(2)16-23(27)25-22/h6-10,13,16-17,20H,3-5,11-12,14-15H2,1-2H3. The topological polar surface area (TPSA) is 46.8 Å². The normalized spacial score (nSPS) is 15.0. The zero-order valence-electron chi connectivity index (χ0n) is 17.3. The van der Waals surface area contributed by atoms with Crippen molar-refractivity contribution in [1.82, 2.24) is 14.3 Å². The van der Waals surface area contributed by atoms with Crippen LogP contribution in [0.25, 0.3) is 5.65 Å². The first-order valence-electron chi connectivity index (χ1n) is 10.6. The zero-order chi connectivity index (χ0) is 20.2. The maximum atomic E-state index is 12.9. The first-order chi connectivity index (χ1) is 14.1. The molecule has 0 saturated carbocycles. The maximum absolute atomic E-state index is 12.9. The fourth-order valence-corrected chi connectivity index (χ4v) is 4.06. The fourth-order valence-electron chi connectivity index (χ4n) is 4.06. The molecule has 5 nitrogen and oxygen atoms in total. The highest BCUT2D eigenvalue weighted by Gasteiger charge is 2.25. The van der Waals surface area contributed by atoms with Gasteiger partial charge in [-0.15, -0.1) is 0 Å². The molecule has 1 aliphatic rings. The molecule has 0 bridgehead atoms. The van der Waals surface area contributed by atoms with Gasteiger partial charge in [0.05, 0.1) is 6.61 Å². The van der Waals surface area contributed by atoms with Crippen molar-refractivity contribution in [3.05, 3.63) is 65.6 Å². The van der Waals surface area contributed by atoms with Crippen LogP contribution >= 0.6 is 0 Å². The summed E-state index contributed by atoms with van der Waals surface area (Å²) in [5, 5.41) is 0. The second-order valence-corrected chi connectivity index (χ2v) is 7.95. The lowest BCUT2D eigenvalue weighted by atomic mass is 9.90. The molecule has 0 unspecified atom stereocenters. The van der Waals surface area contributed by atoms with Crippen LogP contribution in [0.15, 0.2) is 48.8 Å². The van der Waals surface area contributed by atoms with E-state index in [4.69, 9.17) is 4.74 Å². The van der Waals surface area contributed by atoms with Crippen LogP contribution in [0, 0.1) is 12.8 Å². The number of hydrogen-bond donors (Lipinski definition) is 0. The second-order valence-electron chi connectivity index (χ2n) is 7.95. The number of aromatic nitrogens is 2. The first-order valence-corrected chi connectivity index (χ1v) is 10.6. The molecule has 4 rings (SSSR count). The number of carbonyl (C=O) groups is 1. The van der Waals surface area contributed by atoms with E-state index in [9.17, 15) is 4.79 Å². The lowest BCUT2D eigenvalue weighted by molar-refractivity contribution is 0.0681. The Balaban J connectivity index is 1.28. The first kappa shape index (κ1) is 19.5. The molecule has 3 aromatic rings. The SMILES string of the molecule is CCOc1ccc(CCC2CCN(C(=O)c3cn4ccc(C)cc4n3)CC2)cc1. The van der Waals surface area contributed by atoms with Crippen molar-refractivity contribution in [3.8, 4) is 5.75 Å². The summed E-state index contributed by atoms with van der Waals surface area (Å²) >= 11 is 0. The van der Waals surface area contributed by atoms with Crippen molar-refractivity contribution in [2.24, 2.45) is 5.92 Å². The molecule has 0 atom stereocenters. The molecule has 1 aromatic carbocycles. The molecule has 29 heavy (non-hydrogen) atoms. The van der Waals surface area contributed by atoms with Crippen molar-refractivity contribution in [2.75, 3.05) is 19.7 Å². The Morgan fingerprint density at radius 2 is 1.93 bits per heavy atom. The largest absolute Gasteiger partial charge is 0.494 e. The Morgan fingerprint density at radius 3 is 2.66 bits per heavy atom. The van der Waals surface area contributed by atoms with Gasteiger partial charge in [0.15, 0.2) is 0 Å². The molecule has 0 spiro atoms. The summed E-state index contributed by atoms with van der Waals surface area (Å²) in [6.45, 7) is 6.37. The van der Waals surface area contributed by atoms with Crippen molar-refractivity contribution < 1.29 is 9.53 Å². The van der Waals surface area contributed by atoms with Gasteiger partial charge in [0.1, 0.15) is 17.1 Å². The van der Waals surface area contributed by atoms with Gasteiger partial charge < -0.3 is 14.0 Å². The summed E-state index contributed by atoms with van der Waals surface area (Å²) in [4.78, 5) is 19.3. The van der Waals surface area contributed by atoms with Crippen LogP contribution in [0.1, 0.15) is 47.8 Å². The number of nitrogens with zero attached hydrogens (tertiary/aromatic N) is 3. The van der Waals surface area contributed by atoms with E-state index < -0.39 is 0 Å². The molecule has 1 aliphatic heterocycles. The fraction of sp³-hybridized carbons (Fsp3) is 0.417. The summed E-state index contributed by atoms with van der Waals surface area (Å²) in [6.07, 6.45) is 8.18. The van der Waals surface area contributed by atoms with E-state index in [1.54, 1.807) is 0 Å². The predicted octanol–water partition coefficient (Wildman–Crippen LogP) is 4.53. The molecule has 3 heterocycles. The summed E-state index contributed by atoms with van der Waals surface area (Å²) in [7, 11) is 0. The third-order valence-electron chi connectivity index (χ3n) is 5.81. The highest BCUT2D eigenvalue weighted by Crippen LogP contribution is 2.24. The Bertz CT molecular complexity index is 969. The molecule has 1 amide bonds. The highest BCUT2D eigenvalue weighted by molar-refractivity contribution is 5.93. The van der Waals surface area contributed by atoms with Crippen molar-refractivity contribution in [2.45, 2.75) is 39.5 Å². The van der Waals surface area contributed by atoms with E-state index >= 15 is 0 Å². The molecule has 0 N–H and O–H groups in total. The van der Waals surface area contributed by atoms with E-state index in [0.29, 0.717) is 18.2 Å². The van der Waals surface area contributed by atoms with Gasteiger partial charge in [0, 0.05) is 25.5 Å². The Labute approximate surface area is 172 Å². The van der Waals surface area contributed by atoms with Gasteiger partial charge in [0.25, 0.3) is 5.91 Å². The van der Waals surface area contributed by atoms with Gasteiger partial charge in [-0.1, -0.05) is 12.1 Å². The van der Waals surface area contributed by atoms with E-state index in [1.165, 1.54) is 12.0 Å². The van der Waals surface area contributed by atoms with E-state index in [1.807, 2.05) is 47.7 Å². The number of piperidine rings is 1. The maximum Gasteiger partial charge on any atom is 0.274 e. The van der Waals surface area contributed by atoms with Gasteiger partial charge in [0.2, 0.25) is 0 Å². The number of hydrogen-bond acceptors (Lipinski definition) is 3. The molecule has 1 saturated heterocycles. The van der Waals surface area contributed by atoms with E-state index in [-0.39, 0.29) is 5.91 Å². The van der Waals surface area contributed by atoms with Crippen LogP contribution in [0.3, 0.4) is 0 Å². The van der Waals surface area contributed by atoms with Crippen molar-refractivity contribution in [3.63, 3.8) is 0 Å². The lowest BCUT2D eigenvalue weighted by Gasteiger charge is -2.31. The van der Waals surface area contributed by atoms with Crippen LogP contribution in [0.2, 0.25) is 0 Å². The number of fused-ring (bicyclic) bond motifs is 1. The average Bonchev–Trinajstić information content (AvgIpc) is 3.16. The van der Waals surface area contributed by atoms with Gasteiger partial charge in [-0.3, -0.25) is 4.79 Å². The van der Waals surface area contributed by atoms with Crippen molar-refractivity contribution in [1.29, 1.82) is 0 Å². The molecule has 1 fully saturated rings. The number of ether oxygens (including phenoxy) is 1. The monoisotopic (exact) mass is 391 g/mol. The van der Waals surface area contributed by atoms with E-state index in [0.717, 1.165) is 49.3 Å². The summed E-state index contributed by atoms with van der Waals surface area (Å²) in [5.74, 6) is 1.66. The smallest absolute Gasteiger partial charge is 0.274 e. The van der Waals surface area contributed by atoms with Crippen LogP contribution in [-0.2, 0) is 6.42 Å². The molecular formula is C24H29N3O2. The molecule has 0 aliphatic carbocycles. The number of aryl methyl sites for hydroxylation is 2. The number of likely N-dealkylation sites (tertiary alicyclic amines) is 1. The number of pyridine rings is 1. The van der Waals surface area contributed by atoms with Gasteiger partial charge in [-0.2, -0.15) is 0 Å². The summed E-state index contributed by atoms with van der Waals surface area (Å²) in [5.41, 5.74) is 3.88. The lowest BCUT2D eigenvalue weighted by Crippen LogP contribution is -2.38. The average molecular weight is 392 g/mol. The Morgan fingerprint density at radius 1 is 1.17 bits per heavy atom. The number of carbonyl (C=O) groups excluding carboxylic acids is 1. The van der Waals surface area contributed by atoms with Crippen LogP contribution in [0.5, 0.6) is 5.75 Å². The van der Waals surface area contributed by atoms with Gasteiger partial charge in [-0.25, -0.2) is 4.98 Å². The molecule has 2 aromatic heterocycles. The number of imidazole rings is 1. The van der Waals surface area contributed by atoms with Gasteiger partial charge >= 0.3 is 0 Å². The molecular weight excluding hydrogens is 362 g/mol. The Kier molecular flexibility index (Phi) is 5.84. The minimum atomic E-state index is 0.0521. The second kappa shape index (κ2) is 8.68. The Hall–Kier alpha value is -2.82. The van der Waals surface area contributed by atoms with Crippen LogP contribution < -0.4 is 4.74 Å². The molecule has 152 valence electrons.